The van der Waals surface area contributed by atoms with Gasteiger partial charge in [-0.05, 0) is 87.3 Å². The molecule has 0 bridgehead atoms. The molecule has 1 amide bonds. The molecular weight excluding hydrogens is 460 g/mol. The number of carbonyl (C=O) groups excluding carboxylic acids is 1. The molecule has 1 heterocycles. The first-order valence-corrected chi connectivity index (χ1v) is 13.4. The van der Waals surface area contributed by atoms with Gasteiger partial charge in [-0.25, -0.2) is 0 Å². The summed E-state index contributed by atoms with van der Waals surface area (Å²) >= 11 is 0. The molecule has 3 aromatic carbocycles. The average Bonchev–Trinajstić information content (AvgIpc) is 2.94. The van der Waals surface area contributed by atoms with Crippen LogP contribution in [0.3, 0.4) is 0 Å². The van der Waals surface area contributed by atoms with Crippen LogP contribution in [0.4, 0.5) is 0 Å². The maximum absolute atomic E-state index is 12.1. The minimum Gasteiger partial charge on any atom is -0.388 e. The molecule has 196 valence electrons. The summed E-state index contributed by atoms with van der Waals surface area (Å²) in [6.07, 6.45) is 2.86. The smallest absolute Gasteiger partial charge is 0.227 e. The lowest BCUT2D eigenvalue weighted by atomic mass is 9.72. The van der Waals surface area contributed by atoms with Crippen LogP contribution in [0.25, 0.3) is 0 Å². The fraction of sp³-hybridized carbons (Fsp3) is 0.406. The van der Waals surface area contributed by atoms with E-state index >= 15 is 0 Å². The van der Waals surface area contributed by atoms with Crippen molar-refractivity contribution in [3.05, 3.63) is 107 Å². The van der Waals surface area contributed by atoms with Crippen molar-refractivity contribution in [2.24, 2.45) is 11.7 Å². The molecule has 0 aliphatic carbocycles. The number of benzene rings is 3. The Labute approximate surface area is 220 Å². The molecular formula is C32H40N2O3. The Balaban J connectivity index is 1.31. The van der Waals surface area contributed by atoms with Crippen LogP contribution in [0.1, 0.15) is 67.9 Å². The number of likely N-dealkylation sites (tertiary alicyclic amines) is 1. The van der Waals surface area contributed by atoms with Crippen molar-refractivity contribution in [2.45, 2.75) is 56.7 Å². The predicted octanol–water partition coefficient (Wildman–Crippen LogP) is 4.91. The summed E-state index contributed by atoms with van der Waals surface area (Å²) in [7, 11) is 0. The van der Waals surface area contributed by atoms with Gasteiger partial charge < -0.3 is 20.8 Å². The largest absolute Gasteiger partial charge is 0.388 e. The Bertz CT molecular complexity index is 1100. The molecule has 37 heavy (non-hydrogen) atoms. The second-order valence-electron chi connectivity index (χ2n) is 10.9. The van der Waals surface area contributed by atoms with Crippen molar-refractivity contribution in [1.82, 2.24) is 4.90 Å². The number of hydrogen-bond acceptors (Lipinski definition) is 4. The minimum atomic E-state index is -1.000. The van der Waals surface area contributed by atoms with E-state index in [2.05, 4.69) is 4.90 Å². The Morgan fingerprint density at radius 3 is 1.89 bits per heavy atom. The van der Waals surface area contributed by atoms with Gasteiger partial charge in [0.1, 0.15) is 5.60 Å². The Morgan fingerprint density at radius 1 is 0.892 bits per heavy atom. The first-order valence-electron chi connectivity index (χ1n) is 13.4. The fourth-order valence-corrected chi connectivity index (χ4v) is 5.54. The molecule has 1 unspecified atom stereocenters. The van der Waals surface area contributed by atoms with Gasteiger partial charge in [0.05, 0.1) is 11.5 Å². The molecule has 0 spiro atoms. The molecule has 5 heteroatoms. The Hall–Kier alpha value is -2.99. The number of rotatable bonds is 10. The summed E-state index contributed by atoms with van der Waals surface area (Å²) in [6.45, 7) is 6.40. The van der Waals surface area contributed by atoms with Crippen molar-refractivity contribution < 1.29 is 15.0 Å². The monoisotopic (exact) mass is 500 g/mol. The van der Waals surface area contributed by atoms with Crippen molar-refractivity contribution in [2.75, 3.05) is 19.6 Å². The van der Waals surface area contributed by atoms with Crippen LogP contribution in [0, 0.1) is 5.92 Å². The van der Waals surface area contributed by atoms with Gasteiger partial charge in [0.15, 0.2) is 0 Å². The van der Waals surface area contributed by atoms with Crippen LogP contribution in [-0.2, 0) is 15.8 Å². The quantitative estimate of drug-likeness (QED) is 0.369. The molecule has 0 aromatic heterocycles. The van der Waals surface area contributed by atoms with Crippen molar-refractivity contribution in [3.63, 3.8) is 0 Å². The first-order chi connectivity index (χ1) is 17.7. The van der Waals surface area contributed by atoms with Crippen LogP contribution in [0.2, 0.25) is 0 Å². The summed E-state index contributed by atoms with van der Waals surface area (Å²) in [6, 6.07) is 27.6. The molecule has 0 saturated carbocycles. The first kappa shape index (κ1) is 27.1. The zero-order valence-corrected chi connectivity index (χ0v) is 22.0. The number of amides is 1. The van der Waals surface area contributed by atoms with E-state index in [1.165, 1.54) is 0 Å². The maximum atomic E-state index is 12.1. The number of aliphatic hydroxyl groups is 2. The fourth-order valence-electron chi connectivity index (χ4n) is 5.54. The molecule has 1 saturated heterocycles. The van der Waals surface area contributed by atoms with Crippen molar-refractivity contribution >= 4 is 5.91 Å². The number of hydrogen-bond donors (Lipinski definition) is 3. The zero-order valence-electron chi connectivity index (χ0n) is 22.0. The Kier molecular flexibility index (Phi) is 8.48. The Morgan fingerprint density at radius 2 is 1.41 bits per heavy atom. The SMILES string of the molecule is CC(C)(C(N)=O)c1ccc(C(O)CCCN2CCC(C(O)(c3ccccc3)c3ccccc3)CC2)cc1. The lowest BCUT2D eigenvalue weighted by molar-refractivity contribution is -0.122. The third kappa shape index (κ3) is 5.96. The van der Waals surface area contributed by atoms with Crippen LogP contribution in [0.5, 0.6) is 0 Å². The summed E-state index contributed by atoms with van der Waals surface area (Å²) in [4.78, 5) is 14.1. The van der Waals surface area contributed by atoms with E-state index in [0.29, 0.717) is 6.42 Å². The molecule has 1 fully saturated rings. The molecule has 0 radical (unpaired) electrons. The third-order valence-corrected chi connectivity index (χ3v) is 8.19. The zero-order chi connectivity index (χ0) is 26.5. The molecule has 1 atom stereocenters. The van der Waals surface area contributed by atoms with E-state index in [0.717, 1.165) is 61.2 Å². The van der Waals surface area contributed by atoms with E-state index in [1.54, 1.807) is 0 Å². The minimum absolute atomic E-state index is 0.141. The molecule has 1 aliphatic rings. The summed E-state index contributed by atoms with van der Waals surface area (Å²) in [5.41, 5.74) is 7.40. The lowest BCUT2D eigenvalue weighted by Crippen LogP contribution is -2.44. The van der Waals surface area contributed by atoms with Gasteiger partial charge in [-0.2, -0.15) is 0 Å². The normalized spacial score (nSPS) is 16.4. The molecule has 4 rings (SSSR count). The molecule has 4 N–H and O–H groups in total. The summed E-state index contributed by atoms with van der Waals surface area (Å²) < 4.78 is 0. The van der Waals surface area contributed by atoms with E-state index in [4.69, 9.17) is 5.73 Å². The standard InChI is InChI=1S/C32H40N2O3/c1-31(2,30(33)36)25-17-15-24(16-18-25)29(35)14-9-21-34-22-19-28(20-23-34)32(37,26-10-5-3-6-11-26)27-12-7-4-8-13-27/h3-8,10-13,15-18,28-29,35,37H,9,14,19-23H2,1-2H3,(H2,33,36). The number of nitrogens with zero attached hydrogens (tertiary/aromatic N) is 1. The molecule has 3 aromatic rings. The van der Waals surface area contributed by atoms with E-state index in [-0.39, 0.29) is 11.8 Å². The van der Waals surface area contributed by atoms with E-state index in [1.807, 2.05) is 98.8 Å². The van der Waals surface area contributed by atoms with E-state index in [9.17, 15) is 15.0 Å². The van der Waals surface area contributed by atoms with Crippen LogP contribution >= 0.6 is 0 Å². The van der Waals surface area contributed by atoms with Gasteiger partial charge in [0.25, 0.3) is 0 Å². The molecule has 1 aliphatic heterocycles. The van der Waals surface area contributed by atoms with Gasteiger partial charge in [-0.1, -0.05) is 84.9 Å². The van der Waals surface area contributed by atoms with Crippen LogP contribution < -0.4 is 5.73 Å². The average molecular weight is 501 g/mol. The van der Waals surface area contributed by atoms with Crippen LogP contribution in [0.15, 0.2) is 84.9 Å². The van der Waals surface area contributed by atoms with Gasteiger partial charge >= 0.3 is 0 Å². The third-order valence-electron chi connectivity index (χ3n) is 8.19. The van der Waals surface area contributed by atoms with Gasteiger partial charge in [-0.15, -0.1) is 0 Å². The lowest BCUT2D eigenvalue weighted by Gasteiger charge is -2.42. The highest BCUT2D eigenvalue weighted by Gasteiger charge is 2.41. The summed E-state index contributed by atoms with van der Waals surface area (Å²) in [5, 5.41) is 22.8. The highest BCUT2D eigenvalue weighted by Crippen LogP contribution is 2.42. The highest BCUT2D eigenvalue weighted by atomic mass is 16.3. The van der Waals surface area contributed by atoms with Crippen molar-refractivity contribution in [3.8, 4) is 0 Å². The molecule has 5 nitrogen and oxygen atoms in total. The second-order valence-corrected chi connectivity index (χ2v) is 10.9. The van der Waals surface area contributed by atoms with Gasteiger partial charge in [0, 0.05) is 0 Å². The number of piperidine rings is 1. The number of aliphatic hydroxyl groups excluding tert-OH is 1. The highest BCUT2D eigenvalue weighted by molar-refractivity contribution is 5.85. The summed E-state index contributed by atoms with van der Waals surface area (Å²) in [5.74, 6) is -0.224. The van der Waals surface area contributed by atoms with E-state index < -0.39 is 17.1 Å². The van der Waals surface area contributed by atoms with Gasteiger partial charge in [-0.3, -0.25) is 4.79 Å². The number of primary amides is 1. The van der Waals surface area contributed by atoms with Gasteiger partial charge in [0.2, 0.25) is 5.91 Å². The predicted molar refractivity (Wildman–Crippen MR) is 148 cm³/mol. The second kappa shape index (κ2) is 11.6. The van der Waals surface area contributed by atoms with Crippen molar-refractivity contribution in [1.29, 1.82) is 0 Å². The topological polar surface area (TPSA) is 86.8 Å². The maximum Gasteiger partial charge on any atom is 0.227 e. The number of nitrogens with two attached hydrogens (primary N) is 1. The number of carbonyl (C=O) groups is 1. The van der Waals surface area contributed by atoms with Crippen LogP contribution in [-0.4, -0.2) is 40.7 Å².